The summed E-state index contributed by atoms with van der Waals surface area (Å²) in [5, 5.41) is 19.1. The Balaban J connectivity index is 0.000000686. The van der Waals surface area contributed by atoms with Crippen LogP contribution in [0.3, 0.4) is 0 Å². The van der Waals surface area contributed by atoms with Crippen LogP contribution in [0.5, 0.6) is 11.5 Å². The van der Waals surface area contributed by atoms with Crippen LogP contribution in [0, 0.1) is 6.92 Å². The molecule has 2 nitrogen and oxygen atoms in total. The fourth-order valence-electron chi connectivity index (χ4n) is 1.54. The maximum absolute atomic E-state index is 9.66. The lowest BCUT2D eigenvalue weighted by Gasteiger charge is -2.06. The van der Waals surface area contributed by atoms with E-state index >= 15 is 0 Å². The fraction of sp³-hybridized carbons (Fsp3) is 0.200. The van der Waals surface area contributed by atoms with Crippen molar-refractivity contribution in [2.75, 3.05) is 0 Å². The number of aromatic hydroxyl groups is 2. The zero-order chi connectivity index (χ0) is 12.8. The molecule has 0 atom stereocenters. The van der Waals surface area contributed by atoms with Gasteiger partial charge < -0.3 is 10.2 Å². The first-order valence-electron chi connectivity index (χ1n) is 5.76. The Morgan fingerprint density at radius 2 is 1.47 bits per heavy atom. The van der Waals surface area contributed by atoms with Crippen molar-refractivity contribution in [3.63, 3.8) is 0 Å². The number of rotatable bonds is 1. The summed E-state index contributed by atoms with van der Waals surface area (Å²) in [6.45, 7) is 5.83. The minimum atomic E-state index is 0.252. The molecule has 0 unspecified atom stereocenters. The summed E-state index contributed by atoms with van der Waals surface area (Å²) < 4.78 is 0. The van der Waals surface area contributed by atoms with Gasteiger partial charge in [-0.25, -0.2) is 0 Å². The largest absolute Gasteiger partial charge is 0.508 e. The van der Waals surface area contributed by atoms with Crippen molar-refractivity contribution < 1.29 is 10.2 Å². The molecule has 0 bridgehead atoms. The fourth-order valence-corrected chi connectivity index (χ4v) is 1.54. The third kappa shape index (κ3) is 3.00. The van der Waals surface area contributed by atoms with Gasteiger partial charge in [-0.2, -0.15) is 0 Å². The lowest BCUT2D eigenvalue weighted by Crippen LogP contribution is -1.81. The van der Waals surface area contributed by atoms with Gasteiger partial charge in [-0.1, -0.05) is 38.1 Å². The third-order valence-electron chi connectivity index (χ3n) is 2.41. The molecule has 0 fully saturated rings. The van der Waals surface area contributed by atoms with Crippen LogP contribution < -0.4 is 0 Å². The average Bonchev–Trinajstić information content (AvgIpc) is 2.36. The molecule has 2 heteroatoms. The lowest BCUT2D eigenvalue weighted by atomic mass is 10.0. The topological polar surface area (TPSA) is 40.5 Å². The number of para-hydroxylation sites is 1. The van der Waals surface area contributed by atoms with Crippen molar-refractivity contribution in [2.24, 2.45) is 0 Å². The summed E-state index contributed by atoms with van der Waals surface area (Å²) in [4.78, 5) is 0. The number of phenolic OH excluding ortho intramolecular Hbond substituents is 2. The van der Waals surface area contributed by atoms with Gasteiger partial charge >= 0.3 is 0 Å². The molecule has 17 heavy (non-hydrogen) atoms. The van der Waals surface area contributed by atoms with Crippen molar-refractivity contribution in [3.05, 3.63) is 48.0 Å². The number of phenols is 2. The first-order chi connectivity index (χ1) is 8.18. The number of aryl methyl sites for hydroxylation is 1. The predicted octanol–water partition coefficient (Wildman–Crippen LogP) is 4.10. The molecule has 0 aliphatic heterocycles. The minimum absolute atomic E-state index is 0.252. The van der Waals surface area contributed by atoms with Gasteiger partial charge in [0, 0.05) is 5.56 Å². The Hall–Kier alpha value is -1.96. The molecule has 0 amide bonds. The molecule has 2 rings (SSSR count). The Labute approximate surface area is 102 Å². The second-order valence-electron chi connectivity index (χ2n) is 3.52. The minimum Gasteiger partial charge on any atom is -0.508 e. The van der Waals surface area contributed by atoms with E-state index in [0.717, 1.165) is 16.7 Å². The average molecular weight is 230 g/mol. The van der Waals surface area contributed by atoms with E-state index in [4.69, 9.17) is 0 Å². The van der Waals surface area contributed by atoms with Gasteiger partial charge in [0.2, 0.25) is 0 Å². The standard InChI is InChI=1S/C13H12O2.C2H6/c1-9-8-10(6-7-12(9)14)11-4-2-3-5-13(11)15;1-2/h2-8,14-15H,1H3;1-2H3. The molecule has 2 aromatic carbocycles. The second-order valence-corrected chi connectivity index (χ2v) is 3.52. The molecular formula is C15H18O2. The van der Waals surface area contributed by atoms with Gasteiger partial charge in [-0.3, -0.25) is 0 Å². The molecule has 0 radical (unpaired) electrons. The summed E-state index contributed by atoms with van der Waals surface area (Å²) in [6.07, 6.45) is 0. The molecule has 2 aromatic rings. The van der Waals surface area contributed by atoms with Crippen molar-refractivity contribution >= 4 is 0 Å². The number of hydrogen-bond acceptors (Lipinski definition) is 2. The first-order valence-corrected chi connectivity index (χ1v) is 5.76. The van der Waals surface area contributed by atoms with Crippen LogP contribution in [0.1, 0.15) is 19.4 Å². The van der Waals surface area contributed by atoms with Crippen molar-refractivity contribution in [2.45, 2.75) is 20.8 Å². The highest BCUT2D eigenvalue weighted by molar-refractivity contribution is 5.71. The molecule has 2 N–H and O–H groups in total. The quantitative estimate of drug-likeness (QED) is 0.774. The molecule has 90 valence electrons. The smallest absolute Gasteiger partial charge is 0.123 e. The number of hydrogen-bond donors (Lipinski definition) is 2. The van der Waals surface area contributed by atoms with Crippen LogP contribution in [-0.4, -0.2) is 10.2 Å². The van der Waals surface area contributed by atoms with Gasteiger partial charge in [0.15, 0.2) is 0 Å². The van der Waals surface area contributed by atoms with E-state index in [-0.39, 0.29) is 11.5 Å². The maximum Gasteiger partial charge on any atom is 0.123 e. The first kappa shape index (κ1) is 13.1. The highest BCUT2D eigenvalue weighted by Gasteiger charge is 2.04. The van der Waals surface area contributed by atoms with Crippen molar-refractivity contribution in [1.29, 1.82) is 0 Å². The summed E-state index contributed by atoms with van der Waals surface area (Å²) in [6, 6.07) is 12.4. The Morgan fingerprint density at radius 1 is 0.824 bits per heavy atom. The summed E-state index contributed by atoms with van der Waals surface area (Å²) in [5.74, 6) is 0.525. The molecule has 0 spiro atoms. The Morgan fingerprint density at radius 3 is 2.06 bits per heavy atom. The van der Waals surface area contributed by atoms with Crippen LogP contribution in [0.25, 0.3) is 11.1 Å². The molecule has 0 aromatic heterocycles. The van der Waals surface area contributed by atoms with Crippen LogP contribution in [0.2, 0.25) is 0 Å². The maximum atomic E-state index is 9.66. The zero-order valence-corrected chi connectivity index (χ0v) is 10.4. The molecule has 0 aliphatic rings. The summed E-state index contributed by atoms with van der Waals surface area (Å²) in [7, 11) is 0. The van der Waals surface area contributed by atoms with Gasteiger partial charge in [-0.15, -0.1) is 0 Å². The Kier molecular flexibility index (Phi) is 4.58. The summed E-state index contributed by atoms with van der Waals surface area (Å²) in [5.41, 5.74) is 2.49. The van der Waals surface area contributed by atoms with Crippen LogP contribution in [0.15, 0.2) is 42.5 Å². The van der Waals surface area contributed by atoms with Crippen molar-refractivity contribution in [1.82, 2.24) is 0 Å². The number of benzene rings is 2. The predicted molar refractivity (Wildman–Crippen MR) is 71.3 cm³/mol. The van der Waals surface area contributed by atoms with E-state index in [0.29, 0.717) is 0 Å². The molecule has 0 saturated carbocycles. The molecule has 0 aliphatic carbocycles. The monoisotopic (exact) mass is 230 g/mol. The van der Waals surface area contributed by atoms with E-state index < -0.39 is 0 Å². The molecule has 0 heterocycles. The Bertz CT molecular complexity index is 490. The van der Waals surface area contributed by atoms with E-state index in [1.54, 1.807) is 24.3 Å². The highest BCUT2D eigenvalue weighted by atomic mass is 16.3. The van der Waals surface area contributed by atoms with Gasteiger partial charge in [0.1, 0.15) is 11.5 Å². The third-order valence-corrected chi connectivity index (χ3v) is 2.41. The molecular weight excluding hydrogens is 212 g/mol. The van der Waals surface area contributed by atoms with Gasteiger partial charge in [0.25, 0.3) is 0 Å². The molecule has 0 saturated heterocycles. The van der Waals surface area contributed by atoms with E-state index in [2.05, 4.69) is 0 Å². The van der Waals surface area contributed by atoms with E-state index in [1.807, 2.05) is 39.0 Å². The lowest BCUT2D eigenvalue weighted by molar-refractivity contribution is 0.470. The van der Waals surface area contributed by atoms with Crippen LogP contribution >= 0.6 is 0 Å². The van der Waals surface area contributed by atoms with E-state index in [9.17, 15) is 10.2 Å². The SMILES string of the molecule is CC.Cc1cc(-c2ccccc2O)ccc1O. The summed E-state index contributed by atoms with van der Waals surface area (Å²) >= 11 is 0. The van der Waals surface area contributed by atoms with Gasteiger partial charge in [-0.05, 0) is 36.2 Å². The van der Waals surface area contributed by atoms with Gasteiger partial charge in [0.05, 0.1) is 0 Å². The zero-order valence-electron chi connectivity index (χ0n) is 10.4. The van der Waals surface area contributed by atoms with Crippen LogP contribution in [-0.2, 0) is 0 Å². The van der Waals surface area contributed by atoms with Crippen LogP contribution in [0.4, 0.5) is 0 Å². The second kappa shape index (κ2) is 5.94. The normalized spacial score (nSPS) is 9.35. The highest BCUT2D eigenvalue weighted by Crippen LogP contribution is 2.31. The van der Waals surface area contributed by atoms with Crippen molar-refractivity contribution in [3.8, 4) is 22.6 Å². The van der Waals surface area contributed by atoms with E-state index in [1.165, 1.54) is 0 Å².